The van der Waals surface area contributed by atoms with Gasteiger partial charge in [0, 0.05) is 31.2 Å². The monoisotopic (exact) mass is 286 g/mol. The van der Waals surface area contributed by atoms with Crippen LogP contribution in [0.3, 0.4) is 0 Å². The van der Waals surface area contributed by atoms with Gasteiger partial charge in [0.05, 0.1) is 0 Å². The van der Waals surface area contributed by atoms with Gasteiger partial charge in [-0.1, -0.05) is 50.1 Å². The number of rotatable bonds is 3. The van der Waals surface area contributed by atoms with Gasteiger partial charge in [-0.15, -0.1) is 0 Å². The SMILES string of the molecule is CC1CCCC1CN1CC(C)(C)NCC1c1ccccc1. The molecule has 2 aliphatic rings. The number of nitrogens with one attached hydrogen (secondary N) is 1. The molecule has 2 fully saturated rings. The van der Waals surface area contributed by atoms with Gasteiger partial charge < -0.3 is 5.32 Å². The molecule has 0 aromatic heterocycles. The molecular weight excluding hydrogens is 256 g/mol. The van der Waals surface area contributed by atoms with E-state index in [9.17, 15) is 0 Å². The molecule has 2 heteroatoms. The van der Waals surface area contributed by atoms with Gasteiger partial charge in [0.25, 0.3) is 0 Å². The number of hydrogen-bond acceptors (Lipinski definition) is 2. The molecular formula is C19H30N2. The normalized spacial score (nSPS) is 33.2. The summed E-state index contributed by atoms with van der Waals surface area (Å²) < 4.78 is 0. The summed E-state index contributed by atoms with van der Waals surface area (Å²) in [4.78, 5) is 2.75. The van der Waals surface area contributed by atoms with Crippen LogP contribution in [0.1, 0.15) is 51.6 Å². The van der Waals surface area contributed by atoms with Crippen LogP contribution in [0, 0.1) is 11.8 Å². The van der Waals surface area contributed by atoms with Crippen LogP contribution in [0.25, 0.3) is 0 Å². The van der Waals surface area contributed by atoms with Crippen molar-refractivity contribution >= 4 is 0 Å². The predicted molar refractivity (Wildman–Crippen MR) is 89.3 cm³/mol. The summed E-state index contributed by atoms with van der Waals surface area (Å²) >= 11 is 0. The highest BCUT2D eigenvalue weighted by Crippen LogP contribution is 2.35. The van der Waals surface area contributed by atoms with E-state index in [1.165, 1.54) is 31.4 Å². The third kappa shape index (κ3) is 3.49. The van der Waals surface area contributed by atoms with Crippen molar-refractivity contribution < 1.29 is 0 Å². The van der Waals surface area contributed by atoms with Crippen LogP contribution >= 0.6 is 0 Å². The lowest BCUT2D eigenvalue weighted by atomic mass is 9.91. The minimum absolute atomic E-state index is 0.229. The van der Waals surface area contributed by atoms with E-state index in [0.717, 1.165) is 24.9 Å². The first kappa shape index (κ1) is 15.1. The van der Waals surface area contributed by atoms with Gasteiger partial charge in [-0.3, -0.25) is 4.90 Å². The van der Waals surface area contributed by atoms with E-state index in [0.29, 0.717) is 6.04 Å². The van der Waals surface area contributed by atoms with Crippen molar-refractivity contribution in [1.29, 1.82) is 0 Å². The molecule has 0 bridgehead atoms. The van der Waals surface area contributed by atoms with E-state index in [4.69, 9.17) is 0 Å². The molecule has 116 valence electrons. The van der Waals surface area contributed by atoms with Gasteiger partial charge in [-0.05, 0) is 37.7 Å². The van der Waals surface area contributed by atoms with E-state index in [1.807, 2.05) is 0 Å². The number of hydrogen-bond donors (Lipinski definition) is 1. The van der Waals surface area contributed by atoms with E-state index in [-0.39, 0.29) is 5.54 Å². The zero-order valence-electron chi connectivity index (χ0n) is 13.8. The molecule has 2 nitrogen and oxygen atoms in total. The van der Waals surface area contributed by atoms with Crippen LogP contribution in [-0.2, 0) is 0 Å². The predicted octanol–water partition coefficient (Wildman–Crippen LogP) is 3.85. The summed E-state index contributed by atoms with van der Waals surface area (Å²) in [5, 5.41) is 3.73. The van der Waals surface area contributed by atoms with Gasteiger partial charge in [-0.2, -0.15) is 0 Å². The lowest BCUT2D eigenvalue weighted by molar-refractivity contribution is 0.0730. The quantitative estimate of drug-likeness (QED) is 0.908. The lowest BCUT2D eigenvalue weighted by Crippen LogP contribution is -2.58. The molecule has 3 atom stereocenters. The van der Waals surface area contributed by atoms with Crippen LogP contribution in [0.5, 0.6) is 0 Å². The van der Waals surface area contributed by atoms with E-state index in [2.05, 4.69) is 61.3 Å². The lowest BCUT2D eigenvalue weighted by Gasteiger charge is -2.46. The van der Waals surface area contributed by atoms with Crippen LogP contribution in [0.15, 0.2) is 30.3 Å². The van der Waals surface area contributed by atoms with Crippen molar-refractivity contribution in [1.82, 2.24) is 10.2 Å². The molecule has 1 saturated heterocycles. The van der Waals surface area contributed by atoms with Crippen LogP contribution in [-0.4, -0.2) is 30.1 Å². The Morgan fingerprint density at radius 1 is 1.19 bits per heavy atom. The van der Waals surface area contributed by atoms with Gasteiger partial charge in [-0.25, -0.2) is 0 Å². The minimum atomic E-state index is 0.229. The Labute approximate surface area is 129 Å². The molecule has 3 unspecified atom stereocenters. The second-order valence-corrected chi connectivity index (χ2v) is 7.79. The van der Waals surface area contributed by atoms with Crippen molar-refractivity contribution in [3.63, 3.8) is 0 Å². The minimum Gasteiger partial charge on any atom is -0.309 e. The first-order valence-electron chi connectivity index (χ1n) is 8.59. The Hall–Kier alpha value is -0.860. The topological polar surface area (TPSA) is 15.3 Å². The Morgan fingerprint density at radius 2 is 1.95 bits per heavy atom. The van der Waals surface area contributed by atoms with Crippen LogP contribution < -0.4 is 5.32 Å². The smallest absolute Gasteiger partial charge is 0.0473 e. The first-order valence-corrected chi connectivity index (χ1v) is 8.59. The maximum absolute atomic E-state index is 3.73. The van der Waals surface area contributed by atoms with E-state index in [1.54, 1.807) is 0 Å². The maximum atomic E-state index is 3.73. The average Bonchev–Trinajstić information content (AvgIpc) is 2.85. The molecule has 0 amide bonds. The summed E-state index contributed by atoms with van der Waals surface area (Å²) in [6.07, 6.45) is 4.28. The van der Waals surface area contributed by atoms with E-state index >= 15 is 0 Å². The number of nitrogens with zero attached hydrogens (tertiary/aromatic N) is 1. The summed E-state index contributed by atoms with van der Waals surface area (Å²) in [6.45, 7) is 10.6. The molecule has 1 saturated carbocycles. The van der Waals surface area contributed by atoms with Gasteiger partial charge >= 0.3 is 0 Å². The molecule has 1 heterocycles. The molecule has 1 aromatic carbocycles. The Morgan fingerprint density at radius 3 is 2.62 bits per heavy atom. The maximum Gasteiger partial charge on any atom is 0.0473 e. The fourth-order valence-electron chi connectivity index (χ4n) is 4.17. The first-order chi connectivity index (χ1) is 10.1. The molecule has 1 aliphatic heterocycles. The third-order valence-corrected chi connectivity index (χ3v) is 5.51. The molecule has 21 heavy (non-hydrogen) atoms. The third-order valence-electron chi connectivity index (χ3n) is 5.51. The summed E-state index contributed by atoms with van der Waals surface area (Å²) in [5.74, 6) is 1.80. The van der Waals surface area contributed by atoms with Crippen LogP contribution in [0.2, 0.25) is 0 Å². The standard InChI is InChI=1S/C19H30N2/c1-15-8-7-11-17(15)13-21-14-19(2,3)20-12-18(21)16-9-5-4-6-10-16/h4-6,9-10,15,17-18,20H,7-8,11-14H2,1-3H3. The summed E-state index contributed by atoms with van der Waals surface area (Å²) in [6, 6.07) is 11.6. The second-order valence-electron chi connectivity index (χ2n) is 7.79. The highest BCUT2D eigenvalue weighted by molar-refractivity contribution is 5.21. The van der Waals surface area contributed by atoms with Crippen molar-refractivity contribution in [3.8, 4) is 0 Å². The molecule has 1 N–H and O–H groups in total. The molecule has 0 spiro atoms. The zero-order valence-corrected chi connectivity index (χ0v) is 13.8. The molecule has 3 rings (SSSR count). The highest BCUT2D eigenvalue weighted by Gasteiger charge is 2.36. The number of piperazine rings is 1. The second kappa shape index (κ2) is 6.10. The largest absolute Gasteiger partial charge is 0.309 e. The summed E-state index contributed by atoms with van der Waals surface area (Å²) in [5.41, 5.74) is 1.69. The molecule has 1 aromatic rings. The van der Waals surface area contributed by atoms with Crippen molar-refractivity contribution in [2.75, 3.05) is 19.6 Å². The fraction of sp³-hybridized carbons (Fsp3) is 0.684. The van der Waals surface area contributed by atoms with E-state index < -0.39 is 0 Å². The number of benzene rings is 1. The fourth-order valence-corrected chi connectivity index (χ4v) is 4.17. The average molecular weight is 286 g/mol. The molecule has 1 aliphatic carbocycles. The van der Waals surface area contributed by atoms with Crippen molar-refractivity contribution in [3.05, 3.63) is 35.9 Å². The van der Waals surface area contributed by atoms with Crippen LogP contribution in [0.4, 0.5) is 0 Å². The summed E-state index contributed by atoms with van der Waals surface area (Å²) in [7, 11) is 0. The van der Waals surface area contributed by atoms with Gasteiger partial charge in [0.2, 0.25) is 0 Å². The zero-order chi connectivity index (χ0) is 14.9. The van der Waals surface area contributed by atoms with Gasteiger partial charge in [0.15, 0.2) is 0 Å². The van der Waals surface area contributed by atoms with Crippen molar-refractivity contribution in [2.45, 2.75) is 51.6 Å². The van der Waals surface area contributed by atoms with Gasteiger partial charge in [0.1, 0.15) is 0 Å². The molecule has 0 radical (unpaired) electrons. The Bertz CT molecular complexity index is 454. The highest BCUT2D eigenvalue weighted by atomic mass is 15.2. The Kier molecular flexibility index (Phi) is 4.37. The Balaban J connectivity index is 1.77. The van der Waals surface area contributed by atoms with Crippen molar-refractivity contribution in [2.24, 2.45) is 11.8 Å².